The van der Waals surface area contributed by atoms with Crippen LogP contribution < -0.4 is 5.73 Å². The molecule has 2 aliphatic heterocycles. The van der Waals surface area contributed by atoms with Crippen molar-refractivity contribution >= 4 is 5.91 Å². The van der Waals surface area contributed by atoms with Crippen molar-refractivity contribution in [2.24, 2.45) is 11.1 Å². The number of carbonyl (C=O) groups is 1. The average Bonchev–Trinajstić information content (AvgIpc) is 3.00. The van der Waals surface area contributed by atoms with Gasteiger partial charge >= 0.3 is 0 Å². The van der Waals surface area contributed by atoms with Gasteiger partial charge in [-0.25, -0.2) is 0 Å². The minimum absolute atomic E-state index is 0.0765. The van der Waals surface area contributed by atoms with Crippen LogP contribution in [0.4, 0.5) is 0 Å². The van der Waals surface area contributed by atoms with Crippen molar-refractivity contribution in [3.8, 4) is 0 Å². The summed E-state index contributed by atoms with van der Waals surface area (Å²) in [5.74, 6) is 0.146. The maximum atomic E-state index is 12.8. The van der Waals surface area contributed by atoms with Crippen LogP contribution in [0, 0.1) is 5.41 Å². The number of likely N-dealkylation sites (tertiary alicyclic amines) is 1. The monoisotopic (exact) mass is 330 g/mol. The van der Waals surface area contributed by atoms with Gasteiger partial charge in [0, 0.05) is 51.4 Å². The number of rotatable bonds is 4. The van der Waals surface area contributed by atoms with Crippen molar-refractivity contribution in [1.29, 1.82) is 0 Å². The maximum Gasteiger partial charge on any atom is 0.253 e. The lowest BCUT2D eigenvalue weighted by Gasteiger charge is -2.32. The summed E-state index contributed by atoms with van der Waals surface area (Å²) in [5, 5.41) is 0. The lowest BCUT2D eigenvalue weighted by molar-refractivity contribution is 0.0776. The number of nitrogens with two attached hydrogens (primary N) is 1. The number of carbonyl (C=O) groups excluding carboxylic acids is 1. The second-order valence-corrected chi connectivity index (χ2v) is 7.77. The summed E-state index contributed by atoms with van der Waals surface area (Å²) < 4.78 is 0. The quantitative estimate of drug-likeness (QED) is 0.903. The molecule has 2 saturated heterocycles. The standard InChI is InChI=1S/C19H30N4O/c1-19(14-20)6-7-23(15-19)18(24)17-5-3-4-16(12-17)13-22-10-8-21(2)9-11-22/h3-5,12H,6-11,13-15,20H2,1-2H3. The van der Waals surface area contributed by atoms with Crippen molar-refractivity contribution < 1.29 is 4.79 Å². The van der Waals surface area contributed by atoms with Gasteiger partial charge in [-0.05, 0) is 43.1 Å². The Bertz CT molecular complexity index is 582. The first kappa shape index (κ1) is 17.4. The molecule has 1 atom stereocenters. The highest BCUT2D eigenvalue weighted by Crippen LogP contribution is 2.29. The number of piperazine rings is 1. The van der Waals surface area contributed by atoms with Crippen molar-refractivity contribution in [1.82, 2.24) is 14.7 Å². The molecule has 5 heteroatoms. The van der Waals surface area contributed by atoms with Gasteiger partial charge in [0.25, 0.3) is 5.91 Å². The van der Waals surface area contributed by atoms with E-state index in [-0.39, 0.29) is 11.3 Å². The number of hydrogen-bond donors (Lipinski definition) is 1. The van der Waals surface area contributed by atoms with Crippen LogP contribution in [0.1, 0.15) is 29.3 Å². The zero-order valence-electron chi connectivity index (χ0n) is 15.0. The van der Waals surface area contributed by atoms with Crippen LogP contribution in [0.2, 0.25) is 0 Å². The number of benzene rings is 1. The predicted octanol–water partition coefficient (Wildman–Crippen LogP) is 1.24. The molecule has 1 amide bonds. The van der Waals surface area contributed by atoms with E-state index in [0.717, 1.165) is 57.8 Å². The Morgan fingerprint density at radius 3 is 2.62 bits per heavy atom. The first-order chi connectivity index (χ1) is 11.5. The Kier molecular flexibility index (Phi) is 5.23. The molecule has 2 N–H and O–H groups in total. The van der Waals surface area contributed by atoms with E-state index >= 15 is 0 Å². The number of amides is 1. The first-order valence-corrected chi connectivity index (χ1v) is 8.98. The molecule has 3 rings (SSSR count). The molecular formula is C19H30N4O. The Morgan fingerprint density at radius 1 is 1.21 bits per heavy atom. The molecule has 0 bridgehead atoms. The molecule has 2 heterocycles. The van der Waals surface area contributed by atoms with Crippen LogP contribution in [0.3, 0.4) is 0 Å². The Labute approximate surface area is 145 Å². The zero-order valence-corrected chi connectivity index (χ0v) is 15.0. The summed E-state index contributed by atoms with van der Waals surface area (Å²) in [7, 11) is 2.17. The van der Waals surface area contributed by atoms with Crippen molar-refractivity contribution in [3.05, 3.63) is 35.4 Å². The molecule has 5 nitrogen and oxygen atoms in total. The molecule has 1 unspecified atom stereocenters. The largest absolute Gasteiger partial charge is 0.338 e. The SMILES string of the molecule is CN1CCN(Cc2cccc(C(=O)N3CCC(C)(CN)C3)c2)CC1. The van der Waals surface area contributed by atoms with Crippen LogP contribution in [-0.4, -0.2) is 73.5 Å². The molecule has 2 aliphatic rings. The smallest absolute Gasteiger partial charge is 0.253 e. The van der Waals surface area contributed by atoms with Crippen molar-refractivity contribution in [3.63, 3.8) is 0 Å². The lowest BCUT2D eigenvalue weighted by Crippen LogP contribution is -2.43. The summed E-state index contributed by atoms with van der Waals surface area (Å²) in [6.45, 7) is 9.74. The van der Waals surface area contributed by atoms with Crippen molar-refractivity contribution in [2.75, 3.05) is 52.9 Å². The molecule has 1 aromatic carbocycles. The maximum absolute atomic E-state index is 12.8. The van der Waals surface area contributed by atoms with Gasteiger partial charge in [0.2, 0.25) is 0 Å². The molecule has 2 fully saturated rings. The van der Waals surface area contributed by atoms with Crippen LogP contribution in [-0.2, 0) is 6.54 Å². The fraction of sp³-hybridized carbons (Fsp3) is 0.632. The first-order valence-electron chi connectivity index (χ1n) is 8.98. The van der Waals surface area contributed by atoms with E-state index < -0.39 is 0 Å². The second-order valence-electron chi connectivity index (χ2n) is 7.77. The number of nitrogens with zero attached hydrogens (tertiary/aromatic N) is 3. The van der Waals surface area contributed by atoms with Crippen LogP contribution >= 0.6 is 0 Å². The summed E-state index contributed by atoms with van der Waals surface area (Å²) in [6.07, 6.45) is 0.996. The summed E-state index contributed by atoms with van der Waals surface area (Å²) >= 11 is 0. The average molecular weight is 330 g/mol. The van der Waals surface area contributed by atoms with Gasteiger partial charge in [-0.2, -0.15) is 0 Å². The minimum Gasteiger partial charge on any atom is -0.338 e. The van der Waals surface area contributed by atoms with E-state index in [1.54, 1.807) is 0 Å². The van der Waals surface area contributed by atoms with Gasteiger partial charge in [-0.3, -0.25) is 9.69 Å². The predicted molar refractivity (Wildman–Crippen MR) is 96.9 cm³/mol. The van der Waals surface area contributed by atoms with Gasteiger partial charge in [0.15, 0.2) is 0 Å². The van der Waals surface area contributed by atoms with Gasteiger partial charge in [0.05, 0.1) is 0 Å². The van der Waals surface area contributed by atoms with E-state index in [1.807, 2.05) is 17.0 Å². The lowest BCUT2D eigenvalue weighted by atomic mass is 9.90. The Morgan fingerprint density at radius 2 is 1.96 bits per heavy atom. The van der Waals surface area contributed by atoms with Gasteiger partial charge in [0.1, 0.15) is 0 Å². The molecule has 0 aromatic heterocycles. The zero-order chi connectivity index (χ0) is 17.2. The Hall–Kier alpha value is -1.43. The second kappa shape index (κ2) is 7.21. The normalized spacial score (nSPS) is 26.0. The molecule has 24 heavy (non-hydrogen) atoms. The highest BCUT2D eigenvalue weighted by atomic mass is 16.2. The fourth-order valence-corrected chi connectivity index (χ4v) is 3.61. The van der Waals surface area contributed by atoms with Crippen LogP contribution in [0.15, 0.2) is 24.3 Å². The van der Waals surface area contributed by atoms with Crippen molar-refractivity contribution in [2.45, 2.75) is 19.9 Å². The Balaban J connectivity index is 1.64. The van der Waals surface area contributed by atoms with Gasteiger partial charge in [-0.15, -0.1) is 0 Å². The third kappa shape index (κ3) is 3.97. The minimum atomic E-state index is 0.0765. The molecule has 0 saturated carbocycles. The van der Waals surface area contributed by atoms with Crippen LogP contribution in [0.25, 0.3) is 0 Å². The number of hydrogen-bond acceptors (Lipinski definition) is 4. The van der Waals surface area contributed by atoms with Gasteiger partial charge in [-0.1, -0.05) is 19.1 Å². The third-order valence-corrected chi connectivity index (χ3v) is 5.51. The molecule has 1 aromatic rings. The molecular weight excluding hydrogens is 300 g/mol. The van der Waals surface area contributed by atoms with E-state index in [1.165, 1.54) is 5.56 Å². The summed E-state index contributed by atoms with van der Waals surface area (Å²) in [5.41, 5.74) is 7.97. The highest BCUT2D eigenvalue weighted by molar-refractivity contribution is 5.94. The molecule has 0 aliphatic carbocycles. The van der Waals surface area contributed by atoms with E-state index in [0.29, 0.717) is 6.54 Å². The fourth-order valence-electron chi connectivity index (χ4n) is 3.61. The number of likely N-dealkylation sites (N-methyl/N-ethyl adjacent to an activating group) is 1. The summed E-state index contributed by atoms with van der Waals surface area (Å²) in [4.78, 5) is 19.6. The van der Waals surface area contributed by atoms with Gasteiger partial charge < -0.3 is 15.5 Å². The van der Waals surface area contributed by atoms with E-state index in [9.17, 15) is 4.79 Å². The summed E-state index contributed by atoms with van der Waals surface area (Å²) in [6, 6.07) is 8.15. The van der Waals surface area contributed by atoms with Crippen LogP contribution in [0.5, 0.6) is 0 Å². The highest BCUT2D eigenvalue weighted by Gasteiger charge is 2.35. The third-order valence-electron chi connectivity index (χ3n) is 5.51. The topological polar surface area (TPSA) is 52.8 Å². The van der Waals surface area contributed by atoms with E-state index in [4.69, 9.17) is 5.73 Å². The molecule has 132 valence electrons. The molecule has 0 spiro atoms. The molecule has 0 radical (unpaired) electrons. The van der Waals surface area contributed by atoms with E-state index in [2.05, 4.69) is 35.9 Å².